The molecular weight excluding hydrogens is 368 g/mol. The van der Waals surface area contributed by atoms with Gasteiger partial charge in [-0.3, -0.25) is 0 Å². The molecule has 0 amide bonds. The van der Waals surface area contributed by atoms with Gasteiger partial charge in [0.05, 0.1) is 0 Å². The molecule has 2 aromatic rings. The van der Waals surface area contributed by atoms with Crippen molar-refractivity contribution in [3.8, 4) is 0 Å². The van der Waals surface area contributed by atoms with Gasteiger partial charge in [0.25, 0.3) is 0 Å². The smallest absolute Gasteiger partial charge is 0.0103 e. The summed E-state index contributed by atoms with van der Waals surface area (Å²) in [4.78, 5) is 0. The van der Waals surface area contributed by atoms with Crippen LogP contribution in [0.4, 0.5) is 0 Å². The maximum absolute atomic E-state index is 4.39. The predicted molar refractivity (Wildman–Crippen MR) is 116 cm³/mol. The third-order valence-electron chi connectivity index (χ3n) is 4.56. The van der Waals surface area contributed by atoms with E-state index in [1.54, 1.807) is 0 Å². The number of rotatable bonds is 4. The van der Waals surface area contributed by atoms with Gasteiger partial charge in [-0.15, -0.1) is 0 Å². The van der Waals surface area contributed by atoms with Crippen LogP contribution in [-0.2, 0) is 6.42 Å². The number of fused-ring (bicyclic) bond motifs is 3. The Balaban J connectivity index is 2.23. The minimum Gasteiger partial charge on any atom is -0.0912 e. The first-order valence-corrected chi connectivity index (χ1v) is 9.10. The molecule has 3 rings (SSSR count). The summed E-state index contributed by atoms with van der Waals surface area (Å²) in [6.07, 6.45) is 12.5. The fraction of sp³-hybridized carbons (Fsp3) is 0.0833. The van der Waals surface area contributed by atoms with Gasteiger partial charge in [-0.2, -0.15) is 0 Å². The zero-order valence-electron chi connectivity index (χ0n) is 14.3. The number of allylic oxidation sites excluding steroid dienone is 6. The van der Waals surface area contributed by atoms with E-state index >= 15 is 0 Å². The number of hydrogen-bond acceptors (Lipinski definition) is 0. The van der Waals surface area contributed by atoms with Crippen molar-refractivity contribution in [1.29, 1.82) is 0 Å². The second kappa shape index (κ2) is 7.25. The normalized spacial score (nSPS) is 14.0. The number of benzene rings is 2. The Morgan fingerprint density at radius 2 is 1.72 bits per heavy atom. The zero-order valence-corrected chi connectivity index (χ0v) is 15.9. The monoisotopic (exact) mass is 388 g/mol. The second-order valence-electron chi connectivity index (χ2n) is 6.25. The van der Waals surface area contributed by atoms with Gasteiger partial charge < -0.3 is 0 Å². The van der Waals surface area contributed by atoms with Gasteiger partial charge in [-0.25, -0.2) is 0 Å². The maximum Gasteiger partial charge on any atom is 0.0103 e. The van der Waals surface area contributed by atoms with E-state index < -0.39 is 0 Å². The summed E-state index contributed by atoms with van der Waals surface area (Å²) >= 11 is 3.33. The van der Waals surface area contributed by atoms with Crippen molar-refractivity contribution in [2.24, 2.45) is 0 Å². The molecule has 0 unspecified atom stereocenters. The van der Waals surface area contributed by atoms with Gasteiger partial charge in [-0.05, 0) is 68.5 Å². The van der Waals surface area contributed by atoms with Gasteiger partial charge in [0.1, 0.15) is 0 Å². The Morgan fingerprint density at radius 1 is 1.00 bits per heavy atom. The molecule has 25 heavy (non-hydrogen) atoms. The Hall–Kier alpha value is -2.38. The van der Waals surface area contributed by atoms with Gasteiger partial charge >= 0.3 is 0 Å². The van der Waals surface area contributed by atoms with Crippen molar-refractivity contribution >= 4 is 45.4 Å². The molecule has 0 nitrogen and oxygen atoms in total. The Kier molecular flexibility index (Phi) is 5.06. The molecule has 0 spiro atoms. The SMILES string of the molecule is C=C(Br)/C=C\C(=C)C(=C)/C=c1\c(=C)c2c(c3ccccc13)C=CCC2. The molecule has 0 heterocycles. The van der Waals surface area contributed by atoms with Gasteiger partial charge in [0, 0.05) is 4.48 Å². The highest BCUT2D eigenvalue weighted by atomic mass is 79.9. The molecule has 0 N–H and O–H groups in total. The first kappa shape index (κ1) is 17.4. The molecule has 0 saturated carbocycles. The van der Waals surface area contributed by atoms with Crippen LogP contribution in [0, 0.1) is 0 Å². The molecule has 0 saturated heterocycles. The molecule has 1 heteroatoms. The second-order valence-corrected chi connectivity index (χ2v) is 7.26. The molecule has 0 aromatic heterocycles. The average molecular weight is 389 g/mol. The number of hydrogen-bond donors (Lipinski definition) is 0. The molecule has 1 aliphatic carbocycles. The van der Waals surface area contributed by atoms with Crippen LogP contribution in [0.3, 0.4) is 0 Å². The van der Waals surface area contributed by atoms with Crippen LogP contribution >= 0.6 is 15.9 Å². The molecule has 0 radical (unpaired) electrons. The lowest BCUT2D eigenvalue weighted by atomic mass is 9.88. The lowest BCUT2D eigenvalue weighted by molar-refractivity contribution is 0.978. The van der Waals surface area contributed by atoms with Crippen LogP contribution in [0.1, 0.15) is 17.5 Å². The Bertz CT molecular complexity index is 1060. The highest BCUT2D eigenvalue weighted by molar-refractivity contribution is 9.11. The van der Waals surface area contributed by atoms with E-state index in [1.165, 1.54) is 21.9 Å². The van der Waals surface area contributed by atoms with E-state index in [0.29, 0.717) is 0 Å². The van der Waals surface area contributed by atoms with Crippen LogP contribution in [0.25, 0.3) is 29.5 Å². The van der Waals surface area contributed by atoms with E-state index in [-0.39, 0.29) is 0 Å². The average Bonchev–Trinajstić information content (AvgIpc) is 2.63. The highest BCUT2D eigenvalue weighted by Crippen LogP contribution is 2.23. The standard InChI is InChI=1S/C24H21Br/c1-16(13-14-18(3)25)17(2)15-24-19(4)20-9-5-6-10-21(20)22-11-7-8-12-23(22)24/h6-8,10-15H,1-5,9H2/b14-13-,24-15+. The minimum atomic E-state index is 0.810. The lowest BCUT2D eigenvalue weighted by Gasteiger charge is -2.15. The summed E-state index contributed by atoms with van der Waals surface area (Å²) in [7, 11) is 0. The molecular formula is C24H21Br. The van der Waals surface area contributed by atoms with E-state index in [1.807, 2.05) is 12.2 Å². The first-order valence-electron chi connectivity index (χ1n) is 8.30. The molecule has 0 atom stereocenters. The summed E-state index contributed by atoms with van der Waals surface area (Å²) in [6, 6.07) is 8.51. The fourth-order valence-corrected chi connectivity index (χ4v) is 3.37. The van der Waals surface area contributed by atoms with Crippen molar-refractivity contribution in [2.45, 2.75) is 12.8 Å². The van der Waals surface area contributed by atoms with E-state index in [9.17, 15) is 0 Å². The predicted octanol–water partition coefficient (Wildman–Crippen LogP) is 5.57. The van der Waals surface area contributed by atoms with Crippen LogP contribution in [0.2, 0.25) is 0 Å². The topological polar surface area (TPSA) is 0 Å². The summed E-state index contributed by atoms with van der Waals surface area (Å²) < 4.78 is 0.810. The van der Waals surface area contributed by atoms with Crippen LogP contribution in [-0.4, -0.2) is 0 Å². The van der Waals surface area contributed by atoms with Crippen molar-refractivity contribution in [1.82, 2.24) is 0 Å². The summed E-state index contributed by atoms with van der Waals surface area (Å²) in [5, 5.41) is 4.72. The molecule has 0 fully saturated rings. The maximum atomic E-state index is 4.39. The summed E-state index contributed by atoms with van der Waals surface area (Å²) in [6.45, 7) is 16.5. The van der Waals surface area contributed by atoms with E-state index in [0.717, 1.165) is 38.9 Å². The van der Waals surface area contributed by atoms with Crippen LogP contribution in [0.15, 0.2) is 77.9 Å². The summed E-state index contributed by atoms with van der Waals surface area (Å²) in [5.41, 5.74) is 4.40. The molecule has 124 valence electrons. The summed E-state index contributed by atoms with van der Waals surface area (Å²) in [5.74, 6) is 0. The van der Waals surface area contributed by atoms with Crippen molar-refractivity contribution in [2.75, 3.05) is 0 Å². The largest absolute Gasteiger partial charge is 0.0912 e. The van der Waals surface area contributed by atoms with Crippen LogP contribution in [0.5, 0.6) is 0 Å². The quantitative estimate of drug-likeness (QED) is 0.600. The van der Waals surface area contributed by atoms with E-state index in [2.05, 4.69) is 84.7 Å². The van der Waals surface area contributed by atoms with Crippen molar-refractivity contribution < 1.29 is 0 Å². The lowest BCUT2D eigenvalue weighted by Crippen LogP contribution is -2.30. The Morgan fingerprint density at radius 3 is 2.44 bits per heavy atom. The highest BCUT2D eigenvalue weighted by Gasteiger charge is 2.11. The van der Waals surface area contributed by atoms with Crippen LogP contribution < -0.4 is 10.4 Å². The van der Waals surface area contributed by atoms with Gasteiger partial charge in [0.2, 0.25) is 0 Å². The number of halogens is 1. The molecule has 1 aliphatic rings. The van der Waals surface area contributed by atoms with E-state index in [4.69, 9.17) is 0 Å². The Labute approximate surface area is 157 Å². The minimum absolute atomic E-state index is 0.810. The zero-order chi connectivity index (χ0) is 18.0. The first-order chi connectivity index (χ1) is 12.0. The van der Waals surface area contributed by atoms with Crippen molar-refractivity contribution in [3.05, 3.63) is 99.4 Å². The third kappa shape index (κ3) is 3.52. The van der Waals surface area contributed by atoms with Gasteiger partial charge in [-0.1, -0.05) is 84.7 Å². The third-order valence-corrected chi connectivity index (χ3v) is 4.83. The molecule has 0 bridgehead atoms. The fourth-order valence-electron chi connectivity index (χ4n) is 3.24. The van der Waals surface area contributed by atoms with Gasteiger partial charge in [0.15, 0.2) is 0 Å². The molecule has 2 aromatic carbocycles. The van der Waals surface area contributed by atoms with Crippen molar-refractivity contribution in [3.63, 3.8) is 0 Å². The molecule has 0 aliphatic heterocycles.